The highest BCUT2D eigenvalue weighted by Gasteiger charge is 2.04. The number of aliphatic hydroxyl groups excluding tert-OH is 1. The zero-order valence-electron chi connectivity index (χ0n) is 6.81. The van der Waals surface area contributed by atoms with Gasteiger partial charge in [0.05, 0.1) is 11.1 Å². The van der Waals surface area contributed by atoms with Gasteiger partial charge in [-0.2, -0.15) is 5.10 Å². The van der Waals surface area contributed by atoms with Crippen molar-refractivity contribution in [3.63, 3.8) is 0 Å². The van der Waals surface area contributed by atoms with Gasteiger partial charge in [0.15, 0.2) is 11.5 Å². The van der Waals surface area contributed by atoms with Gasteiger partial charge < -0.3 is 5.11 Å². The van der Waals surface area contributed by atoms with Crippen LogP contribution in [-0.2, 0) is 6.42 Å². The number of pyridine rings is 1. The zero-order valence-corrected chi connectivity index (χ0v) is 8.40. The summed E-state index contributed by atoms with van der Waals surface area (Å²) in [5, 5.41) is 12.9. The molecule has 68 valence electrons. The number of fused-ring (bicyclic) bond motifs is 1. The lowest BCUT2D eigenvalue weighted by molar-refractivity contribution is 0.296. The number of aliphatic hydroxyl groups is 1. The van der Waals surface area contributed by atoms with E-state index in [1.165, 1.54) is 0 Å². The number of hydrogen-bond acceptors (Lipinski definition) is 3. The van der Waals surface area contributed by atoms with Crippen molar-refractivity contribution in [2.45, 2.75) is 6.42 Å². The predicted molar refractivity (Wildman–Crippen MR) is 51.5 cm³/mol. The summed E-state index contributed by atoms with van der Waals surface area (Å²) in [5.41, 5.74) is 0.783. The van der Waals surface area contributed by atoms with Gasteiger partial charge in [0, 0.05) is 12.6 Å². The summed E-state index contributed by atoms with van der Waals surface area (Å²) < 4.78 is 2.60. The Morgan fingerprint density at radius 2 is 2.38 bits per heavy atom. The van der Waals surface area contributed by atoms with Gasteiger partial charge in [-0.15, -0.1) is 0 Å². The molecular formula is C8H8BrN3O. The lowest BCUT2D eigenvalue weighted by atomic mass is 10.4. The molecule has 4 nitrogen and oxygen atoms in total. The number of aromatic nitrogens is 3. The van der Waals surface area contributed by atoms with Gasteiger partial charge in [-0.05, 0) is 28.1 Å². The summed E-state index contributed by atoms with van der Waals surface area (Å²) in [6, 6.07) is 3.79. The van der Waals surface area contributed by atoms with Crippen LogP contribution in [0.4, 0.5) is 0 Å². The van der Waals surface area contributed by atoms with E-state index in [1.807, 2.05) is 18.3 Å². The van der Waals surface area contributed by atoms with E-state index in [1.54, 1.807) is 4.52 Å². The van der Waals surface area contributed by atoms with Crippen molar-refractivity contribution in [2.75, 3.05) is 6.61 Å². The molecule has 0 aromatic carbocycles. The highest BCUT2D eigenvalue weighted by atomic mass is 79.9. The Bertz CT molecular complexity index is 426. The molecule has 0 aliphatic heterocycles. The molecular weight excluding hydrogens is 234 g/mol. The van der Waals surface area contributed by atoms with Crippen molar-refractivity contribution in [3.05, 3.63) is 28.6 Å². The maximum atomic E-state index is 8.71. The SMILES string of the molecule is OCCc1nc2c(Br)cccn2n1. The average molecular weight is 242 g/mol. The molecule has 1 N–H and O–H groups in total. The van der Waals surface area contributed by atoms with Gasteiger partial charge in [0.1, 0.15) is 0 Å². The predicted octanol–water partition coefficient (Wildman–Crippen LogP) is 1.03. The van der Waals surface area contributed by atoms with Crippen LogP contribution in [0.2, 0.25) is 0 Å². The van der Waals surface area contributed by atoms with Crippen LogP contribution in [0.3, 0.4) is 0 Å². The van der Waals surface area contributed by atoms with Crippen molar-refractivity contribution < 1.29 is 5.11 Å². The number of hydrogen-bond donors (Lipinski definition) is 1. The van der Waals surface area contributed by atoms with Crippen LogP contribution in [0.1, 0.15) is 5.82 Å². The highest BCUT2D eigenvalue weighted by molar-refractivity contribution is 9.10. The van der Waals surface area contributed by atoms with Crippen LogP contribution in [0, 0.1) is 0 Å². The van der Waals surface area contributed by atoms with Crippen molar-refractivity contribution in [2.24, 2.45) is 0 Å². The third-order valence-electron chi connectivity index (χ3n) is 1.69. The largest absolute Gasteiger partial charge is 0.396 e. The summed E-state index contributed by atoms with van der Waals surface area (Å²) in [6.07, 6.45) is 2.32. The second-order valence-corrected chi connectivity index (χ2v) is 3.48. The molecule has 5 heteroatoms. The standard InChI is InChI=1S/C8H8BrN3O/c9-6-2-1-4-12-8(6)10-7(11-12)3-5-13/h1-2,4,13H,3,5H2. The Kier molecular flexibility index (Phi) is 2.28. The first-order valence-electron chi connectivity index (χ1n) is 3.92. The maximum absolute atomic E-state index is 8.71. The van der Waals surface area contributed by atoms with Gasteiger partial charge in [-0.3, -0.25) is 0 Å². The molecule has 0 amide bonds. The molecule has 2 rings (SSSR count). The summed E-state index contributed by atoms with van der Waals surface area (Å²) in [5.74, 6) is 0.661. The molecule has 2 heterocycles. The Morgan fingerprint density at radius 3 is 3.08 bits per heavy atom. The Labute approximate surface area is 83.3 Å². The van der Waals surface area contributed by atoms with Crippen molar-refractivity contribution in [1.29, 1.82) is 0 Å². The minimum Gasteiger partial charge on any atom is -0.396 e. The minimum absolute atomic E-state index is 0.0779. The fourth-order valence-corrected chi connectivity index (χ4v) is 1.55. The van der Waals surface area contributed by atoms with Crippen LogP contribution in [0.25, 0.3) is 5.65 Å². The fourth-order valence-electron chi connectivity index (χ4n) is 1.12. The summed E-state index contributed by atoms with van der Waals surface area (Å²) >= 11 is 3.38. The van der Waals surface area contributed by atoms with E-state index in [2.05, 4.69) is 26.0 Å². The van der Waals surface area contributed by atoms with Gasteiger partial charge >= 0.3 is 0 Å². The topological polar surface area (TPSA) is 50.4 Å². The summed E-state index contributed by atoms with van der Waals surface area (Å²) in [7, 11) is 0. The van der Waals surface area contributed by atoms with Crippen molar-refractivity contribution in [1.82, 2.24) is 14.6 Å². The average Bonchev–Trinajstić information content (AvgIpc) is 2.49. The zero-order chi connectivity index (χ0) is 9.26. The lowest BCUT2D eigenvalue weighted by Crippen LogP contribution is -1.93. The van der Waals surface area contributed by atoms with Crippen LogP contribution < -0.4 is 0 Å². The third kappa shape index (κ3) is 1.57. The quantitative estimate of drug-likeness (QED) is 0.855. The number of rotatable bonds is 2. The molecule has 0 saturated heterocycles. The molecule has 0 unspecified atom stereocenters. The Morgan fingerprint density at radius 1 is 1.54 bits per heavy atom. The first-order valence-corrected chi connectivity index (χ1v) is 4.71. The smallest absolute Gasteiger partial charge is 0.169 e. The molecule has 0 fully saturated rings. The molecule has 0 aliphatic rings. The van der Waals surface area contributed by atoms with E-state index in [0.29, 0.717) is 12.2 Å². The molecule has 0 saturated carbocycles. The summed E-state index contributed by atoms with van der Waals surface area (Å²) in [4.78, 5) is 4.25. The maximum Gasteiger partial charge on any atom is 0.169 e. The van der Waals surface area contributed by atoms with E-state index < -0.39 is 0 Å². The van der Waals surface area contributed by atoms with Gasteiger partial charge in [0.25, 0.3) is 0 Å². The van der Waals surface area contributed by atoms with Gasteiger partial charge in [-0.1, -0.05) is 0 Å². The van der Waals surface area contributed by atoms with E-state index >= 15 is 0 Å². The van der Waals surface area contributed by atoms with Crippen LogP contribution >= 0.6 is 15.9 Å². The molecule has 0 aliphatic carbocycles. The lowest BCUT2D eigenvalue weighted by Gasteiger charge is -1.90. The van der Waals surface area contributed by atoms with Crippen molar-refractivity contribution >= 4 is 21.6 Å². The third-order valence-corrected chi connectivity index (χ3v) is 2.31. The highest BCUT2D eigenvalue weighted by Crippen LogP contribution is 2.15. The van der Waals surface area contributed by atoms with E-state index in [0.717, 1.165) is 10.1 Å². The van der Waals surface area contributed by atoms with Crippen molar-refractivity contribution in [3.8, 4) is 0 Å². The van der Waals surface area contributed by atoms with E-state index in [4.69, 9.17) is 5.11 Å². The normalized spacial score (nSPS) is 10.9. The van der Waals surface area contributed by atoms with E-state index in [-0.39, 0.29) is 6.61 Å². The molecule has 0 atom stereocenters. The first-order chi connectivity index (χ1) is 6.31. The summed E-state index contributed by atoms with van der Waals surface area (Å²) in [6.45, 7) is 0.0779. The van der Waals surface area contributed by atoms with E-state index in [9.17, 15) is 0 Å². The fraction of sp³-hybridized carbons (Fsp3) is 0.250. The molecule has 2 aromatic heterocycles. The second kappa shape index (κ2) is 3.43. The molecule has 2 aromatic rings. The molecule has 0 spiro atoms. The van der Waals surface area contributed by atoms with Crippen LogP contribution in [0.5, 0.6) is 0 Å². The van der Waals surface area contributed by atoms with Crippen LogP contribution in [-0.4, -0.2) is 26.3 Å². The first kappa shape index (κ1) is 8.65. The van der Waals surface area contributed by atoms with Gasteiger partial charge in [-0.25, -0.2) is 9.50 Å². The van der Waals surface area contributed by atoms with Gasteiger partial charge in [0.2, 0.25) is 0 Å². The Hall–Kier alpha value is -0.940. The van der Waals surface area contributed by atoms with Crippen LogP contribution in [0.15, 0.2) is 22.8 Å². The molecule has 0 radical (unpaired) electrons. The Balaban J connectivity index is 2.55. The number of halogens is 1. The second-order valence-electron chi connectivity index (χ2n) is 2.63. The minimum atomic E-state index is 0.0779. The monoisotopic (exact) mass is 241 g/mol. The molecule has 0 bridgehead atoms. The number of nitrogens with zero attached hydrogens (tertiary/aromatic N) is 3. The molecule has 13 heavy (non-hydrogen) atoms.